The average Bonchev–Trinajstić information content (AvgIpc) is 3.46. The van der Waals surface area contributed by atoms with Gasteiger partial charge in [-0.2, -0.15) is 15.1 Å². The molecule has 3 aromatic rings. The molecule has 230 valence electrons. The van der Waals surface area contributed by atoms with Crippen LogP contribution < -0.4 is 20.1 Å². The van der Waals surface area contributed by atoms with Gasteiger partial charge in [-0.1, -0.05) is 18.2 Å². The fourth-order valence-corrected chi connectivity index (χ4v) is 6.35. The summed E-state index contributed by atoms with van der Waals surface area (Å²) in [5, 5.41) is 2.70. The number of nitrogens with one attached hydrogen (secondary N) is 1. The summed E-state index contributed by atoms with van der Waals surface area (Å²) in [6, 6.07) is 7.54. The number of imidazole rings is 1. The van der Waals surface area contributed by atoms with Gasteiger partial charge in [-0.05, 0) is 53.7 Å². The topological polar surface area (TPSA) is 171 Å². The molecule has 3 heterocycles. The Kier molecular flexibility index (Phi) is 9.43. The maximum absolute atomic E-state index is 14.0. The third-order valence-electron chi connectivity index (χ3n) is 6.62. The van der Waals surface area contributed by atoms with Crippen LogP contribution in [-0.2, 0) is 28.1 Å². The van der Waals surface area contributed by atoms with Gasteiger partial charge in [0.05, 0.1) is 31.2 Å². The monoisotopic (exact) mass is 606 g/mol. The van der Waals surface area contributed by atoms with Crippen molar-refractivity contribution in [2.24, 2.45) is 0 Å². The van der Waals surface area contributed by atoms with Gasteiger partial charge in [0.25, 0.3) is 0 Å². The lowest BCUT2D eigenvalue weighted by atomic mass is 9.93. The van der Waals surface area contributed by atoms with Crippen LogP contribution in [0.25, 0.3) is 11.2 Å². The number of para-hydroxylation sites is 1. The first kappa shape index (κ1) is 31.6. The molecule has 0 bridgehead atoms. The van der Waals surface area contributed by atoms with E-state index in [0.717, 1.165) is 0 Å². The minimum atomic E-state index is -4.12. The Hall–Kier alpha value is -3.29. The van der Waals surface area contributed by atoms with Crippen LogP contribution in [-0.4, -0.2) is 69.2 Å². The number of methoxy groups -OCH3 is 1. The van der Waals surface area contributed by atoms with Crippen LogP contribution in [0.4, 0.5) is 5.95 Å². The number of fused-ring (bicyclic) bond motifs is 1. The van der Waals surface area contributed by atoms with Gasteiger partial charge in [0.2, 0.25) is 11.8 Å². The van der Waals surface area contributed by atoms with Crippen LogP contribution >= 0.6 is 7.75 Å². The number of hydrogen-bond donors (Lipinski definition) is 2. The summed E-state index contributed by atoms with van der Waals surface area (Å²) in [6.45, 7) is 10.7. The van der Waals surface area contributed by atoms with Crippen molar-refractivity contribution in [3.63, 3.8) is 0 Å². The lowest BCUT2D eigenvalue weighted by Crippen LogP contribution is -2.38. The summed E-state index contributed by atoms with van der Waals surface area (Å²) in [5.74, 6) is -0.0223. The third kappa shape index (κ3) is 7.01. The second-order valence-electron chi connectivity index (χ2n) is 10.8. The number of carbonyl (C=O) groups excluding carboxylic acids is 1. The molecule has 4 rings (SSSR count). The van der Waals surface area contributed by atoms with Gasteiger partial charge in [-0.15, -0.1) is 0 Å². The predicted molar refractivity (Wildman–Crippen MR) is 154 cm³/mol. The van der Waals surface area contributed by atoms with E-state index >= 15 is 0 Å². The van der Waals surface area contributed by atoms with Crippen molar-refractivity contribution in [1.29, 1.82) is 0 Å². The number of nitrogens with two attached hydrogens (primary N) is 1. The van der Waals surface area contributed by atoms with Gasteiger partial charge in [-0.25, -0.2) is 9.55 Å². The molecule has 1 saturated heterocycles. The van der Waals surface area contributed by atoms with E-state index < -0.39 is 37.2 Å². The lowest BCUT2D eigenvalue weighted by molar-refractivity contribution is -0.149. The highest BCUT2D eigenvalue weighted by Gasteiger charge is 2.54. The second kappa shape index (κ2) is 12.5. The molecule has 14 nitrogen and oxygen atoms in total. The quantitative estimate of drug-likeness (QED) is 0.211. The fourth-order valence-electron chi connectivity index (χ4n) is 4.75. The molecule has 0 radical (unpaired) electrons. The Morgan fingerprint density at radius 1 is 1.24 bits per heavy atom. The molecule has 1 aromatic carbocycles. The van der Waals surface area contributed by atoms with Crippen molar-refractivity contribution in [1.82, 2.24) is 24.6 Å². The molecule has 5 atom stereocenters. The molecule has 1 aliphatic rings. The minimum absolute atomic E-state index is 0.0195. The molecule has 0 amide bonds. The van der Waals surface area contributed by atoms with Crippen molar-refractivity contribution < 1.29 is 37.4 Å². The van der Waals surface area contributed by atoms with Crippen molar-refractivity contribution in [2.45, 2.75) is 77.5 Å². The standard InChI is InChI=1S/C27H39N6O8P/c1-8-37-22-20-21(30-25(28)31-22)33(16-29-20)24-27(6,36-7)14-26(5,40-24)15-38-42(35,41-19-12-10-9-11-13-19)32-18(4)23(34)39-17(2)3/h9-13,16-18,24H,8,14-15H2,1-7H3,(H,32,35)(H2,28,30,31)/t18-,24-,26+,27-,42?/m1/s1. The molecular formula is C27H39N6O8P. The van der Waals surface area contributed by atoms with Crippen LogP contribution in [0.3, 0.4) is 0 Å². The number of anilines is 1. The van der Waals surface area contributed by atoms with Crippen molar-refractivity contribution in [3.8, 4) is 11.6 Å². The zero-order chi connectivity index (χ0) is 30.7. The molecule has 2 aromatic heterocycles. The van der Waals surface area contributed by atoms with Gasteiger partial charge >= 0.3 is 13.7 Å². The summed E-state index contributed by atoms with van der Waals surface area (Å²) in [6.07, 6.45) is 0.807. The Balaban J connectivity index is 1.60. The average molecular weight is 607 g/mol. The molecular weight excluding hydrogens is 567 g/mol. The molecule has 1 aliphatic heterocycles. The number of esters is 1. The number of aromatic nitrogens is 4. The number of carbonyl (C=O) groups is 1. The van der Waals surface area contributed by atoms with Crippen molar-refractivity contribution >= 4 is 30.8 Å². The largest absolute Gasteiger partial charge is 0.476 e. The fraction of sp³-hybridized carbons (Fsp3) is 0.556. The van der Waals surface area contributed by atoms with Gasteiger partial charge in [0, 0.05) is 13.5 Å². The van der Waals surface area contributed by atoms with Gasteiger partial charge in [0.1, 0.15) is 17.4 Å². The van der Waals surface area contributed by atoms with Crippen LogP contribution in [0.2, 0.25) is 0 Å². The summed E-state index contributed by atoms with van der Waals surface area (Å²) in [5.41, 5.74) is 4.88. The zero-order valence-electron chi connectivity index (χ0n) is 24.9. The highest BCUT2D eigenvalue weighted by molar-refractivity contribution is 7.52. The first-order valence-corrected chi connectivity index (χ1v) is 15.2. The van der Waals surface area contributed by atoms with E-state index in [0.29, 0.717) is 29.9 Å². The SMILES string of the molecule is CCOc1nc(N)nc2c1ncn2[C@@H]1O[C@](C)(COP(=O)(N[C@H](C)C(=O)OC(C)C)Oc2ccccc2)C[C@@]1(C)OC. The number of benzene rings is 1. The van der Waals surface area contributed by atoms with Gasteiger partial charge in [0.15, 0.2) is 17.4 Å². The number of ether oxygens (including phenoxy) is 4. The van der Waals surface area contributed by atoms with Gasteiger partial charge < -0.3 is 29.2 Å². The third-order valence-corrected chi connectivity index (χ3v) is 8.24. The molecule has 1 unspecified atom stereocenters. The molecule has 0 spiro atoms. The second-order valence-corrected chi connectivity index (χ2v) is 12.5. The number of hydrogen-bond acceptors (Lipinski definition) is 12. The first-order valence-electron chi connectivity index (χ1n) is 13.6. The highest BCUT2D eigenvalue weighted by Crippen LogP contribution is 2.51. The maximum Gasteiger partial charge on any atom is 0.459 e. The Morgan fingerprint density at radius 3 is 2.60 bits per heavy atom. The number of nitrogen functional groups attached to an aromatic ring is 1. The Bertz CT molecular complexity index is 1440. The maximum atomic E-state index is 14.0. The molecule has 15 heteroatoms. The minimum Gasteiger partial charge on any atom is -0.476 e. The van der Waals surface area contributed by atoms with E-state index in [1.165, 1.54) is 6.92 Å². The van der Waals surface area contributed by atoms with E-state index in [9.17, 15) is 9.36 Å². The van der Waals surface area contributed by atoms with E-state index in [2.05, 4.69) is 20.0 Å². The molecule has 1 fully saturated rings. The Morgan fingerprint density at radius 2 is 1.95 bits per heavy atom. The van der Waals surface area contributed by atoms with E-state index in [-0.39, 0.29) is 24.5 Å². The molecule has 0 saturated carbocycles. The smallest absolute Gasteiger partial charge is 0.459 e. The number of nitrogens with zero attached hydrogens (tertiary/aromatic N) is 4. The normalized spacial score (nSPS) is 24.4. The summed E-state index contributed by atoms with van der Waals surface area (Å²) >= 11 is 0. The van der Waals surface area contributed by atoms with E-state index in [4.69, 9.17) is 33.7 Å². The summed E-state index contributed by atoms with van der Waals surface area (Å²) < 4.78 is 50.8. The molecule has 0 aliphatic carbocycles. The lowest BCUT2D eigenvalue weighted by Gasteiger charge is -2.29. The van der Waals surface area contributed by atoms with Crippen LogP contribution in [0.1, 0.15) is 54.2 Å². The summed E-state index contributed by atoms with van der Waals surface area (Å²) in [4.78, 5) is 25.5. The zero-order valence-corrected chi connectivity index (χ0v) is 25.8. The first-order chi connectivity index (χ1) is 19.8. The summed E-state index contributed by atoms with van der Waals surface area (Å²) in [7, 11) is -2.55. The Labute approximate surface area is 244 Å². The van der Waals surface area contributed by atoms with Crippen molar-refractivity contribution in [3.05, 3.63) is 36.7 Å². The highest BCUT2D eigenvalue weighted by atomic mass is 31.2. The van der Waals surface area contributed by atoms with E-state index in [1.54, 1.807) is 62.2 Å². The van der Waals surface area contributed by atoms with Crippen molar-refractivity contribution in [2.75, 3.05) is 26.1 Å². The number of rotatable bonds is 13. The van der Waals surface area contributed by atoms with Crippen LogP contribution in [0, 0.1) is 0 Å². The molecule has 42 heavy (non-hydrogen) atoms. The predicted octanol–water partition coefficient (Wildman–Crippen LogP) is 4.02. The van der Waals surface area contributed by atoms with Crippen LogP contribution in [0.5, 0.6) is 11.6 Å². The van der Waals surface area contributed by atoms with Crippen LogP contribution in [0.15, 0.2) is 36.7 Å². The molecule has 3 N–H and O–H groups in total. The van der Waals surface area contributed by atoms with Gasteiger partial charge in [-0.3, -0.25) is 13.9 Å². The van der Waals surface area contributed by atoms with E-state index in [1.807, 2.05) is 20.8 Å².